The molecule has 12 heteroatoms. The van der Waals surface area contributed by atoms with E-state index < -0.39 is 54.7 Å². The topological polar surface area (TPSA) is 172 Å². The van der Waals surface area contributed by atoms with E-state index in [1.54, 1.807) is 24.3 Å². The molecular weight excluding hydrogens is 819 g/mol. The Balaban J connectivity index is 0.000000304. The molecule has 0 fully saturated rings. The van der Waals surface area contributed by atoms with Crippen LogP contribution in [0.25, 0.3) is 22.3 Å². The molecule has 2 heterocycles. The Labute approximate surface area is 380 Å². The summed E-state index contributed by atoms with van der Waals surface area (Å²) in [4.78, 5) is 74.5. The fraction of sp³-hybridized carbons (Fsp3) is 0.208. The molecule has 0 radical (unpaired) electrons. The molecule has 0 spiro atoms. The highest BCUT2D eigenvalue weighted by atomic mass is 16.5. The predicted octanol–water partition coefficient (Wildman–Crippen LogP) is 5.96. The Hall–Kier alpha value is -7.86. The number of amides is 5. The number of hydrogen-bond acceptors (Lipinski definition) is 7. The maximum atomic E-state index is 13.2. The van der Waals surface area contributed by atoms with Crippen molar-refractivity contribution in [3.8, 4) is 28.0 Å². The molecule has 0 aromatic heterocycles. The van der Waals surface area contributed by atoms with Crippen LogP contribution in [0.5, 0.6) is 5.75 Å². The van der Waals surface area contributed by atoms with Gasteiger partial charge < -0.3 is 36.1 Å². The molecule has 2 atom stereocenters. The molecule has 12 nitrogen and oxygen atoms in total. The highest BCUT2D eigenvalue weighted by Crippen LogP contribution is 2.21. The van der Waals surface area contributed by atoms with E-state index in [1.807, 2.05) is 66.7 Å². The minimum absolute atomic E-state index is 0.0861. The lowest BCUT2D eigenvalue weighted by Crippen LogP contribution is -2.54. The van der Waals surface area contributed by atoms with E-state index in [1.165, 1.54) is 22.3 Å². The summed E-state index contributed by atoms with van der Waals surface area (Å²) in [5.74, 6) is -2.63. The summed E-state index contributed by atoms with van der Waals surface area (Å²) >= 11 is 0. The molecule has 8 rings (SSSR count). The smallest absolute Gasteiger partial charge is 0.258 e. The zero-order chi connectivity index (χ0) is 46.2. The molecule has 0 aliphatic carbocycles. The van der Waals surface area contributed by atoms with Gasteiger partial charge in [-0.15, -0.1) is 0 Å². The van der Waals surface area contributed by atoms with Crippen molar-refractivity contribution < 1.29 is 33.5 Å². The highest BCUT2D eigenvalue weighted by molar-refractivity contribution is 5.94. The quantitative estimate of drug-likeness (QED) is 0.0928. The molecule has 6 aromatic rings. The molecule has 334 valence electrons. The second-order valence-corrected chi connectivity index (χ2v) is 15.1. The van der Waals surface area contributed by atoms with Crippen molar-refractivity contribution in [1.29, 1.82) is 0 Å². The minimum Gasteiger partial charge on any atom is -0.484 e. The summed E-state index contributed by atoms with van der Waals surface area (Å²) in [6.45, 7) is 2.82. The molecule has 2 aliphatic rings. The number of benzene rings is 6. The number of aryl methyl sites for hydroxylation is 2. The number of carbonyl (C=O) groups is 6. The van der Waals surface area contributed by atoms with E-state index in [0.29, 0.717) is 17.6 Å². The van der Waals surface area contributed by atoms with Crippen LogP contribution >= 0.6 is 0 Å². The van der Waals surface area contributed by atoms with Crippen molar-refractivity contribution in [1.82, 2.24) is 26.6 Å². The average Bonchev–Trinajstić information content (AvgIpc) is 3.35. The van der Waals surface area contributed by atoms with E-state index in [4.69, 9.17) is 4.74 Å². The zero-order valence-electron chi connectivity index (χ0n) is 36.6. The number of nitrogens with one attached hydrogen (secondary N) is 5. The lowest BCUT2D eigenvalue weighted by atomic mass is 10.00. The van der Waals surface area contributed by atoms with Crippen LogP contribution < -0.4 is 31.3 Å². The third kappa shape index (κ3) is 16.7. The molecule has 0 saturated heterocycles. The first-order valence-electron chi connectivity index (χ1n) is 21.5. The Morgan fingerprint density at radius 2 is 1.14 bits per heavy atom. The molecule has 65 heavy (non-hydrogen) atoms. The van der Waals surface area contributed by atoms with E-state index in [9.17, 15) is 28.8 Å². The molecule has 5 amide bonds. The molecule has 2 bridgehead atoms. The first-order valence-corrected chi connectivity index (χ1v) is 21.5. The lowest BCUT2D eigenvalue weighted by molar-refractivity contribution is -0.132. The number of aldehydes is 1. The van der Waals surface area contributed by atoms with Gasteiger partial charge in [0.25, 0.3) is 5.91 Å². The van der Waals surface area contributed by atoms with Gasteiger partial charge >= 0.3 is 0 Å². The molecule has 5 N–H and O–H groups in total. The summed E-state index contributed by atoms with van der Waals surface area (Å²) in [5, 5.41) is 12.6. The summed E-state index contributed by atoms with van der Waals surface area (Å²) in [6, 6.07) is 51.1. The summed E-state index contributed by atoms with van der Waals surface area (Å²) in [5.41, 5.74) is 8.70. The van der Waals surface area contributed by atoms with Crippen LogP contribution in [0, 0.1) is 6.92 Å². The lowest BCUT2D eigenvalue weighted by Gasteiger charge is -2.20. The number of ether oxygens (including phenoxy) is 1. The van der Waals surface area contributed by atoms with Gasteiger partial charge in [0, 0.05) is 12.8 Å². The van der Waals surface area contributed by atoms with Crippen molar-refractivity contribution >= 4 is 35.8 Å². The third-order valence-corrected chi connectivity index (χ3v) is 10.2. The van der Waals surface area contributed by atoms with Gasteiger partial charge in [0.15, 0.2) is 6.61 Å². The maximum absolute atomic E-state index is 13.2. The zero-order valence-corrected chi connectivity index (χ0v) is 36.6. The van der Waals surface area contributed by atoms with Crippen LogP contribution in [0.3, 0.4) is 0 Å². The van der Waals surface area contributed by atoms with E-state index in [0.717, 1.165) is 23.1 Å². The predicted molar refractivity (Wildman–Crippen MR) is 253 cm³/mol. The molecule has 0 unspecified atom stereocenters. The van der Waals surface area contributed by atoms with Crippen molar-refractivity contribution in [3.05, 3.63) is 186 Å². The van der Waals surface area contributed by atoms with Crippen LogP contribution in [0.1, 0.15) is 29.2 Å². The van der Waals surface area contributed by atoms with Gasteiger partial charge in [-0.3, -0.25) is 24.0 Å². The van der Waals surface area contributed by atoms with E-state index >= 15 is 0 Å². The number of hydrogen-bond donors (Lipinski definition) is 5. The van der Waals surface area contributed by atoms with Gasteiger partial charge in [0.05, 0.1) is 19.6 Å². The van der Waals surface area contributed by atoms with E-state index in [-0.39, 0.29) is 26.0 Å². The van der Waals surface area contributed by atoms with Gasteiger partial charge in [0.2, 0.25) is 23.6 Å². The molecule has 6 aromatic carbocycles. The fourth-order valence-electron chi connectivity index (χ4n) is 6.59. The standard InChI is InChI=1S/C32H33N5O7.C13H12.C8H10/c38-15-14-33-31(42)26-17-22-8-12-25(13-9-22)44-20-30(41)34-18-28(39)37-27(32(43)35-19-29(40)36-26)16-21-6-10-24(11-7-21)23-4-2-1-3-5-23;1-11-7-9-13(10-8-11)12-5-3-2-4-6-12;1-2-8-6-4-3-5-7-8/h1-13,15,26-27H,14,16-20H2,(H,33,42)(H,34,41)(H,35,43)(H,36,40)(H,37,39);2-10H,1H3;3-7H,2H2,1H3/t26-,27+;;/m0../s1. The van der Waals surface area contributed by atoms with Crippen LogP contribution in [-0.2, 0) is 48.0 Å². The molecular formula is C53H55N5O7. The van der Waals surface area contributed by atoms with Crippen LogP contribution in [-0.4, -0.2) is 74.1 Å². The minimum atomic E-state index is -1.07. The Kier molecular flexibility index (Phi) is 19.2. The number of fused-ring (bicyclic) bond motifs is 16. The second-order valence-electron chi connectivity index (χ2n) is 15.1. The van der Waals surface area contributed by atoms with Crippen LogP contribution in [0.15, 0.2) is 164 Å². The SMILES string of the molecule is CCc1ccccc1.Cc1ccc(-c2ccccc2)cc1.O=CCNC(=O)[C@@H]1Cc2ccc(cc2)OCC(=O)NCC(=O)N[C@H](Cc2ccc(-c3ccccc3)cc2)C(=O)NCC(=O)N1. The molecule has 0 saturated carbocycles. The monoisotopic (exact) mass is 873 g/mol. The number of carbonyl (C=O) groups excluding carboxylic acids is 6. The summed E-state index contributed by atoms with van der Waals surface area (Å²) < 4.78 is 5.48. The fourth-order valence-corrected chi connectivity index (χ4v) is 6.59. The first kappa shape index (κ1) is 48.2. The van der Waals surface area contributed by atoms with Crippen LogP contribution in [0.2, 0.25) is 0 Å². The average molecular weight is 874 g/mol. The van der Waals surface area contributed by atoms with Gasteiger partial charge in [-0.05, 0) is 64.4 Å². The Bertz CT molecular complexity index is 2430. The third-order valence-electron chi connectivity index (χ3n) is 10.2. The largest absolute Gasteiger partial charge is 0.484 e. The van der Waals surface area contributed by atoms with Crippen molar-refractivity contribution in [3.63, 3.8) is 0 Å². The summed E-state index contributed by atoms with van der Waals surface area (Å²) in [6.07, 6.45) is 1.86. The van der Waals surface area contributed by atoms with Crippen LogP contribution in [0.4, 0.5) is 0 Å². The van der Waals surface area contributed by atoms with E-state index in [2.05, 4.69) is 113 Å². The summed E-state index contributed by atoms with van der Waals surface area (Å²) in [7, 11) is 0. The van der Waals surface area contributed by atoms with Crippen molar-refractivity contribution in [2.24, 2.45) is 0 Å². The van der Waals surface area contributed by atoms with Crippen molar-refractivity contribution in [2.75, 3.05) is 26.2 Å². The van der Waals surface area contributed by atoms with Crippen molar-refractivity contribution in [2.45, 2.75) is 45.2 Å². The Morgan fingerprint density at radius 1 is 0.615 bits per heavy atom. The maximum Gasteiger partial charge on any atom is 0.258 e. The Morgan fingerprint density at radius 3 is 1.69 bits per heavy atom. The first-order chi connectivity index (χ1) is 31.6. The van der Waals surface area contributed by atoms with Gasteiger partial charge in [-0.1, -0.05) is 164 Å². The van der Waals surface area contributed by atoms with Gasteiger partial charge in [-0.25, -0.2) is 0 Å². The number of rotatable bonds is 8. The second kappa shape index (κ2) is 25.9. The van der Waals surface area contributed by atoms with Gasteiger partial charge in [-0.2, -0.15) is 0 Å². The van der Waals surface area contributed by atoms with Gasteiger partial charge in [0.1, 0.15) is 24.1 Å². The molecule has 2 aliphatic heterocycles. The normalized spacial score (nSPS) is 15.4. The highest BCUT2D eigenvalue weighted by Gasteiger charge is 2.25.